The maximum atomic E-state index is 12.0. The van der Waals surface area contributed by atoms with E-state index in [9.17, 15) is 8.42 Å². The number of nitrogens with two attached hydrogens (primary N) is 1. The van der Waals surface area contributed by atoms with Crippen molar-refractivity contribution in [2.75, 3.05) is 20.6 Å². The summed E-state index contributed by atoms with van der Waals surface area (Å²) in [6.45, 7) is 2.46. The molecule has 1 rings (SSSR count). The van der Waals surface area contributed by atoms with Gasteiger partial charge in [0.25, 0.3) is 10.2 Å². The van der Waals surface area contributed by atoms with Crippen LogP contribution in [0.4, 0.5) is 0 Å². The van der Waals surface area contributed by atoms with Gasteiger partial charge in [-0.05, 0) is 19.8 Å². The second-order valence-corrected chi connectivity index (χ2v) is 6.42. The Balaban J connectivity index is 0.00000225. The molecule has 98 valence electrons. The van der Waals surface area contributed by atoms with Crippen molar-refractivity contribution in [3.63, 3.8) is 0 Å². The molecule has 0 bridgehead atoms. The van der Waals surface area contributed by atoms with E-state index >= 15 is 0 Å². The van der Waals surface area contributed by atoms with Crippen molar-refractivity contribution in [1.29, 1.82) is 0 Å². The molecule has 1 saturated heterocycles. The number of hydrogen-bond donors (Lipinski definition) is 1. The highest BCUT2D eigenvalue weighted by molar-refractivity contribution is 7.86. The molecule has 5 nitrogen and oxygen atoms in total. The molecule has 0 aromatic rings. The van der Waals surface area contributed by atoms with Crippen molar-refractivity contribution >= 4 is 22.6 Å². The summed E-state index contributed by atoms with van der Waals surface area (Å²) in [6.07, 6.45) is 2.85. The molecule has 1 fully saturated rings. The van der Waals surface area contributed by atoms with Gasteiger partial charge in [-0.3, -0.25) is 0 Å². The SMILES string of the molecule is CC(N)C1CCCCN1S(=O)(=O)N(C)C.Cl. The Bertz CT molecular complexity index is 306. The molecule has 0 saturated carbocycles. The van der Waals surface area contributed by atoms with Crippen LogP contribution < -0.4 is 5.73 Å². The minimum absolute atomic E-state index is 0. The summed E-state index contributed by atoms with van der Waals surface area (Å²) in [5.74, 6) is 0. The molecule has 0 radical (unpaired) electrons. The van der Waals surface area contributed by atoms with Crippen molar-refractivity contribution in [3.8, 4) is 0 Å². The van der Waals surface area contributed by atoms with Gasteiger partial charge in [-0.2, -0.15) is 17.0 Å². The Morgan fingerprint density at radius 1 is 1.38 bits per heavy atom. The summed E-state index contributed by atoms with van der Waals surface area (Å²) >= 11 is 0. The van der Waals surface area contributed by atoms with Crippen LogP contribution in [0.15, 0.2) is 0 Å². The highest BCUT2D eigenvalue weighted by Crippen LogP contribution is 2.23. The maximum absolute atomic E-state index is 12.0. The minimum atomic E-state index is -3.31. The molecular weight excluding hydrogens is 250 g/mol. The Hall–Kier alpha value is 0.120. The van der Waals surface area contributed by atoms with E-state index in [1.165, 1.54) is 4.31 Å². The zero-order valence-electron chi connectivity index (χ0n) is 10.1. The van der Waals surface area contributed by atoms with Crippen LogP contribution in [0.3, 0.4) is 0 Å². The second-order valence-electron chi connectivity index (χ2n) is 4.32. The van der Waals surface area contributed by atoms with Gasteiger partial charge in [-0.15, -0.1) is 12.4 Å². The first-order valence-corrected chi connectivity index (χ1v) is 6.72. The van der Waals surface area contributed by atoms with Crippen molar-refractivity contribution in [3.05, 3.63) is 0 Å². The lowest BCUT2D eigenvalue weighted by molar-refractivity contribution is 0.217. The quantitative estimate of drug-likeness (QED) is 0.809. The molecule has 1 aliphatic heterocycles. The third-order valence-electron chi connectivity index (χ3n) is 2.86. The van der Waals surface area contributed by atoms with E-state index in [0.717, 1.165) is 19.3 Å². The van der Waals surface area contributed by atoms with Crippen LogP contribution in [0.5, 0.6) is 0 Å². The highest BCUT2D eigenvalue weighted by atomic mass is 35.5. The molecular formula is C9H22ClN3O2S. The van der Waals surface area contributed by atoms with Gasteiger partial charge in [0.2, 0.25) is 0 Å². The molecule has 1 heterocycles. The summed E-state index contributed by atoms with van der Waals surface area (Å²) in [7, 11) is -0.192. The number of piperidine rings is 1. The molecule has 7 heteroatoms. The first-order valence-electron chi connectivity index (χ1n) is 5.32. The van der Waals surface area contributed by atoms with Gasteiger partial charge in [-0.1, -0.05) is 6.42 Å². The van der Waals surface area contributed by atoms with Gasteiger partial charge in [0, 0.05) is 32.7 Å². The lowest BCUT2D eigenvalue weighted by Crippen LogP contribution is -2.54. The molecule has 2 atom stereocenters. The lowest BCUT2D eigenvalue weighted by Gasteiger charge is -2.38. The van der Waals surface area contributed by atoms with Gasteiger partial charge in [-0.25, -0.2) is 0 Å². The third kappa shape index (κ3) is 3.30. The Labute approximate surface area is 105 Å². The number of halogens is 1. The molecule has 0 spiro atoms. The van der Waals surface area contributed by atoms with Crippen molar-refractivity contribution < 1.29 is 8.42 Å². The topological polar surface area (TPSA) is 66.6 Å². The zero-order chi connectivity index (χ0) is 11.6. The van der Waals surface area contributed by atoms with E-state index in [1.807, 2.05) is 6.92 Å². The van der Waals surface area contributed by atoms with E-state index in [2.05, 4.69) is 0 Å². The molecule has 0 aromatic heterocycles. The fourth-order valence-electron chi connectivity index (χ4n) is 1.95. The van der Waals surface area contributed by atoms with Crippen molar-refractivity contribution in [1.82, 2.24) is 8.61 Å². The van der Waals surface area contributed by atoms with E-state index in [0.29, 0.717) is 6.54 Å². The van der Waals surface area contributed by atoms with E-state index in [-0.39, 0.29) is 24.5 Å². The van der Waals surface area contributed by atoms with E-state index < -0.39 is 10.2 Å². The fraction of sp³-hybridized carbons (Fsp3) is 1.00. The summed E-state index contributed by atoms with van der Waals surface area (Å²) in [6, 6.07) is -0.161. The van der Waals surface area contributed by atoms with E-state index in [4.69, 9.17) is 5.73 Å². The number of hydrogen-bond acceptors (Lipinski definition) is 3. The van der Waals surface area contributed by atoms with Crippen LogP contribution in [-0.2, 0) is 10.2 Å². The van der Waals surface area contributed by atoms with Crippen LogP contribution in [0.2, 0.25) is 0 Å². The van der Waals surface area contributed by atoms with Gasteiger partial charge < -0.3 is 5.73 Å². The lowest BCUT2D eigenvalue weighted by atomic mass is 10.00. The maximum Gasteiger partial charge on any atom is 0.281 e. The molecule has 16 heavy (non-hydrogen) atoms. The fourth-order valence-corrected chi connectivity index (χ4v) is 3.37. The van der Waals surface area contributed by atoms with Crippen LogP contribution in [0.25, 0.3) is 0 Å². The molecule has 1 aliphatic rings. The summed E-state index contributed by atoms with van der Waals surface area (Å²) in [4.78, 5) is 0. The van der Waals surface area contributed by atoms with Crippen LogP contribution in [0, 0.1) is 0 Å². The van der Waals surface area contributed by atoms with Gasteiger partial charge in [0.1, 0.15) is 0 Å². The predicted molar refractivity (Wildman–Crippen MR) is 67.8 cm³/mol. The van der Waals surface area contributed by atoms with Gasteiger partial charge in [0.15, 0.2) is 0 Å². The second kappa shape index (κ2) is 6.16. The largest absolute Gasteiger partial charge is 0.326 e. The zero-order valence-corrected chi connectivity index (χ0v) is 11.7. The summed E-state index contributed by atoms with van der Waals surface area (Å²) < 4.78 is 26.8. The first-order chi connectivity index (χ1) is 6.87. The molecule has 0 aliphatic carbocycles. The Morgan fingerprint density at radius 2 is 1.94 bits per heavy atom. The monoisotopic (exact) mass is 271 g/mol. The highest BCUT2D eigenvalue weighted by Gasteiger charge is 2.35. The smallest absolute Gasteiger partial charge is 0.281 e. The van der Waals surface area contributed by atoms with Gasteiger partial charge in [0.05, 0.1) is 0 Å². The number of rotatable bonds is 3. The van der Waals surface area contributed by atoms with Crippen molar-refractivity contribution in [2.24, 2.45) is 5.73 Å². The van der Waals surface area contributed by atoms with Crippen LogP contribution in [-0.4, -0.2) is 49.8 Å². The van der Waals surface area contributed by atoms with Crippen LogP contribution in [0.1, 0.15) is 26.2 Å². The van der Waals surface area contributed by atoms with Crippen molar-refractivity contribution in [2.45, 2.75) is 38.3 Å². The molecule has 0 amide bonds. The first kappa shape index (κ1) is 16.1. The summed E-state index contributed by atoms with van der Waals surface area (Å²) in [5, 5.41) is 0. The Morgan fingerprint density at radius 3 is 2.38 bits per heavy atom. The normalized spacial score (nSPS) is 25.2. The number of nitrogens with zero attached hydrogens (tertiary/aromatic N) is 2. The minimum Gasteiger partial charge on any atom is -0.326 e. The molecule has 0 aromatic carbocycles. The summed E-state index contributed by atoms with van der Waals surface area (Å²) in [5.41, 5.74) is 5.83. The van der Waals surface area contributed by atoms with Crippen LogP contribution >= 0.6 is 12.4 Å². The average Bonchev–Trinajstić information content (AvgIpc) is 2.17. The average molecular weight is 272 g/mol. The standard InChI is InChI=1S/C9H21N3O2S.ClH/c1-8(10)9-6-4-5-7-12(9)15(13,14)11(2)3;/h8-9H,4-7,10H2,1-3H3;1H. The molecule has 2 N–H and O–H groups in total. The Kier molecular flexibility index (Phi) is 6.21. The third-order valence-corrected chi connectivity index (χ3v) is 4.83. The molecule has 2 unspecified atom stereocenters. The predicted octanol–water partition coefficient (Wildman–Crippen LogP) is 0.416. The van der Waals surface area contributed by atoms with Gasteiger partial charge >= 0.3 is 0 Å². The van der Waals surface area contributed by atoms with E-state index in [1.54, 1.807) is 18.4 Å².